The van der Waals surface area contributed by atoms with Gasteiger partial charge in [-0.05, 0) is 67.3 Å². The zero-order chi connectivity index (χ0) is 25.7. The number of carbonyl (C=O) groups is 1. The van der Waals surface area contributed by atoms with Gasteiger partial charge in [-0.15, -0.1) is 0 Å². The molecule has 0 saturated carbocycles. The van der Waals surface area contributed by atoms with Crippen LogP contribution in [0, 0.1) is 0 Å². The van der Waals surface area contributed by atoms with E-state index in [9.17, 15) is 4.79 Å². The van der Waals surface area contributed by atoms with Crippen molar-refractivity contribution in [2.24, 2.45) is 0 Å². The number of methoxy groups -OCH3 is 6. The summed E-state index contributed by atoms with van der Waals surface area (Å²) in [6.07, 6.45) is 3.61. The monoisotopic (exact) mass is 611 g/mol. The minimum absolute atomic E-state index is 0.0787. The third-order valence-electron chi connectivity index (χ3n) is 5.47. The molecule has 2 aromatic rings. The molecule has 1 aliphatic rings. The van der Waals surface area contributed by atoms with E-state index in [1.165, 1.54) is 14.2 Å². The predicted octanol–water partition coefficient (Wildman–Crippen LogP) is 4.90. The summed E-state index contributed by atoms with van der Waals surface area (Å²) < 4.78 is 34.1. The second-order valence-corrected chi connectivity index (χ2v) is 8.95. The van der Waals surface area contributed by atoms with Gasteiger partial charge in [0.25, 0.3) is 0 Å². The van der Waals surface area contributed by atoms with Crippen LogP contribution in [0.3, 0.4) is 0 Å². The smallest absolute Gasteiger partial charge is 0.204 e. The van der Waals surface area contributed by atoms with Gasteiger partial charge in [-0.2, -0.15) is 0 Å². The first kappa shape index (κ1) is 26.9. The highest BCUT2D eigenvalue weighted by molar-refractivity contribution is 9.11. The maximum atomic E-state index is 13.4. The summed E-state index contributed by atoms with van der Waals surface area (Å²) in [5, 5.41) is 3.29. The number of carbonyl (C=O) groups excluding carboxylic acids is 1. The molecule has 8 nitrogen and oxygen atoms in total. The van der Waals surface area contributed by atoms with Crippen LogP contribution in [0.2, 0.25) is 0 Å². The fourth-order valence-corrected chi connectivity index (χ4v) is 4.94. The van der Waals surface area contributed by atoms with E-state index in [4.69, 9.17) is 28.4 Å². The molecule has 0 spiro atoms. The van der Waals surface area contributed by atoms with E-state index < -0.39 is 0 Å². The van der Waals surface area contributed by atoms with Crippen molar-refractivity contribution in [3.63, 3.8) is 0 Å². The number of benzene rings is 2. The molecule has 2 aromatic carbocycles. The lowest BCUT2D eigenvalue weighted by Crippen LogP contribution is -2.32. The van der Waals surface area contributed by atoms with Crippen molar-refractivity contribution in [2.75, 3.05) is 55.7 Å². The number of ketones is 1. The molecule has 0 bridgehead atoms. The van der Waals surface area contributed by atoms with Crippen molar-refractivity contribution in [1.29, 1.82) is 0 Å². The third-order valence-corrected chi connectivity index (χ3v) is 7.10. The highest BCUT2D eigenvalue weighted by Gasteiger charge is 2.25. The van der Waals surface area contributed by atoms with Crippen LogP contribution >= 0.6 is 31.9 Å². The van der Waals surface area contributed by atoms with Crippen LogP contribution in [0.15, 0.2) is 32.2 Å². The van der Waals surface area contributed by atoms with Gasteiger partial charge >= 0.3 is 0 Å². The average molecular weight is 613 g/mol. The highest BCUT2D eigenvalue weighted by atomic mass is 79.9. The van der Waals surface area contributed by atoms with Crippen molar-refractivity contribution in [2.45, 2.75) is 0 Å². The molecule has 188 valence electrons. The zero-order valence-electron chi connectivity index (χ0n) is 20.3. The standard InChI is InChI=1S/C25H27Br2NO7/c1-30-17-9-13(19(26)24(34-5)22(17)32-3)7-15-11-28-12-16(21(15)29)8-14-10-18(31-2)23(33-4)25(35-6)20(14)27/h7-10,28H,11-12H2,1-6H3. The number of hydrogen-bond donors (Lipinski definition) is 1. The Hall–Kier alpha value is -2.69. The van der Waals surface area contributed by atoms with Gasteiger partial charge in [0.2, 0.25) is 11.5 Å². The fourth-order valence-electron chi connectivity index (χ4n) is 3.80. The molecular weight excluding hydrogens is 586 g/mol. The van der Waals surface area contributed by atoms with Gasteiger partial charge in [-0.3, -0.25) is 4.79 Å². The molecule has 10 heteroatoms. The van der Waals surface area contributed by atoms with Crippen LogP contribution < -0.4 is 33.7 Å². The second-order valence-electron chi connectivity index (χ2n) is 7.37. The summed E-state index contributed by atoms with van der Waals surface area (Å²) in [4.78, 5) is 13.4. The Balaban J connectivity index is 2.07. The molecule has 1 saturated heterocycles. The van der Waals surface area contributed by atoms with Crippen molar-refractivity contribution in [3.8, 4) is 34.5 Å². The Kier molecular flexibility index (Phi) is 9.09. The number of piperidine rings is 1. The number of Topliss-reactive ketones (excluding diaryl/α,β-unsaturated/α-hetero) is 1. The summed E-state index contributed by atoms with van der Waals surface area (Å²) in [6, 6.07) is 3.58. The van der Waals surface area contributed by atoms with Gasteiger partial charge in [0.1, 0.15) is 0 Å². The van der Waals surface area contributed by atoms with Crippen LogP contribution in [-0.2, 0) is 4.79 Å². The zero-order valence-corrected chi connectivity index (χ0v) is 23.5. The first-order chi connectivity index (χ1) is 16.8. The number of ether oxygens (including phenoxy) is 6. The molecule has 1 fully saturated rings. The Bertz CT molecular complexity index is 1100. The maximum absolute atomic E-state index is 13.4. The molecule has 0 atom stereocenters. The van der Waals surface area contributed by atoms with E-state index in [1.807, 2.05) is 0 Å². The van der Waals surface area contributed by atoms with Crippen LogP contribution in [0.25, 0.3) is 12.2 Å². The molecule has 1 heterocycles. The van der Waals surface area contributed by atoms with Crippen molar-refractivity contribution < 1.29 is 33.2 Å². The molecule has 1 N–H and O–H groups in total. The Morgan fingerprint density at radius 3 is 1.34 bits per heavy atom. The van der Waals surface area contributed by atoms with Crippen LogP contribution in [0.5, 0.6) is 34.5 Å². The van der Waals surface area contributed by atoms with Gasteiger partial charge in [0.05, 0.1) is 51.6 Å². The van der Waals surface area contributed by atoms with Crippen LogP contribution in [0.4, 0.5) is 0 Å². The molecular formula is C25H27Br2NO7. The minimum Gasteiger partial charge on any atom is -0.493 e. The molecule has 0 unspecified atom stereocenters. The average Bonchev–Trinajstić information content (AvgIpc) is 2.87. The minimum atomic E-state index is -0.0787. The van der Waals surface area contributed by atoms with Crippen molar-refractivity contribution >= 4 is 49.8 Å². The molecule has 0 radical (unpaired) electrons. The van der Waals surface area contributed by atoms with Gasteiger partial charge < -0.3 is 33.7 Å². The number of nitrogens with one attached hydrogen (secondary N) is 1. The lowest BCUT2D eigenvalue weighted by molar-refractivity contribution is -0.112. The summed E-state index contributed by atoms with van der Waals surface area (Å²) in [5.74, 6) is 2.79. The van der Waals surface area contributed by atoms with Crippen molar-refractivity contribution in [1.82, 2.24) is 5.32 Å². The Morgan fingerprint density at radius 2 is 1.03 bits per heavy atom. The second kappa shape index (κ2) is 11.8. The SMILES string of the molecule is COc1cc(C=C2CNCC(=Cc3cc(OC)c(OC)c(OC)c3Br)C2=O)c(Br)c(OC)c1OC. The lowest BCUT2D eigenvalue weighted by Gasteiger charge is -2.20. The first-order valence-electron chi connectivity index (χ1n) is 10.5. The van der Waals surface area contributed by atoms with E-state index in [2.05, 4.69) is 37.2 Å². The Labute approximate surface area is 221 Å². The Morgan fingerprint density at radius 1 is 0.657 bits per heavy atom. The third kappa shape index (κ3) is 5.29. The highest BCUT2D eigenvalue weighted by Crippen LogP contribution is 2.46. The molecule has 3 rings (SSSR count). The fraction of sp³-hybridized carbons (Fsp3) is 0.320. The van der Waals surface area contributed by atoms with Gasteiger partial charge in [-0.25, -0.2) is 0 Å². The lowest BCUT2D eigenvalue weighted by atomic mass is 9.95. The summed E-state index contributed by atoms with van der Waals surface area (Å²) >= 11 is 7.14. The molecule has 0 aliphatic carbocycles. The predicted molar refractivity (Wildman–Crippen MR) is 141 cm³/mol. The summed E-state index contributed by atoms with van der Waals surface area (Å²) in [6.45, 7) is 0.825. The van der Waals surface area contributed by atoms with Crippen LogP contribution in [-0.4, -0.2) is 61.5 Å². The van der Waals surface area contributed by atoms with Crippen LogP contribution in [0.1, 0.15) is 11.1 Å². The van der Waals surface area contributed by atoms with E-state index >= 15 is 0 Å². The van der Waals surface area contributed by atoms with Gasteiger partial charge in [0, 0.05) is 24.2 Å². The number of halogens is 2. The van der Waals surface area contributed by atoms with E-state index in [0.717, 1.165) is 11.1 Å². The molecule has 0 amide bonds. The molecule has 0 aromatic heterocycles. The maximum Gasteiger partial charge on any atom is 0.204 e. The number of rotatable bonds is 8. The van der Waals surface area contributed by atoms with Gasteiger partial charge in [0.15, 0.2) is 28.8 Å². The molecule has 1 aliphatic heterocycles. The van der Waals surface area contributed by atoms with Crippen molar-refractivity contribution in [3.05, 3.63) is 43.4 Å². The summed E-state index contributed by atoms with van der Waals surface area (Å²) in [7, 11) is 9.26. The number of hydrogen-bond acceptors (Lipinski definition) is 8. The summed E-state index contributed by atoms with van der Waals surface area (Å²) in [5.41, 5.74) is 2.61. The largest absolute Gasteiger partial charge is 0.493 e. The van der Waals surface area contributed by atoms with E-state index in [1.54, 1.807) is 52.7 Å². The van der Waals surface area contributed by atoms with E-state index in [0.29, 0.717) is 67.7 Å². The quantitative estimate of drug-likeness (QED) is 0.422. The topological polar surface area (TPSA) is 84.5 Å². The first-order valence-corrected chi connectivity index (χ1v) is 12.1. The van der Waals surface area contributed by atoms with Gasteiger partial charge in [-0.1, -0.05) is 0 Å². The van der Waals surface area contributed by atoms with E-state index in [-0.39, 0.29) is 5.78 Å². The molecule has 35 heavy (non-hydrogen) atoms. The normalized spacial score (nSPS) is 15.8.